The topological polar surface area (TPSA) is 44.1 Å². The zero-order valence-electron chi connectivity index (χ0n) is 18.9. The van der Waals surface area contributed by atoms with Crippen LogP contribution in [0.15, 0.2) is 36.5 Å². The van der Waals surface area contributed by atoms with E-state index in [0.29, 0.717) is 28.8 Å². The summed E-state index contributed by atoms with van der Waals surface area (Å²) < 4.78 is 7.83. The van der Waals surface area contributed by atoms with Gasteiger partial charge in [0.25, 0.3) is 0 Å². The van der Waals surface area contributed by atoms with Gasteiger partial charge in [-0.3, -0.25) is 4.79 Å². The molecule has 0 bridgehead atoms. The molecule has 0 fully saturated rings. The molecule has 4 rings (SSSR count). The van der Waals surface area contributed by atoms with Gasteiger partial charge in [0, 0.05) is 17.1 Å². The number of carbonyl (C=O) groups excluding carboxylic acids is 1. The Hall–Kier alpha value is -2.59. The van der Waals surface area contributed by atoms with Crippen LogP contribution in [0, 0.1) is 13.8 Å². The molecule has 0 amide bonds. The predicted octanol–water partition coefficient (Wildman–Crippen LogP) is 6.81. The molecule has 31 heavy (non-hydrogen) atoms. The number of carbonyl (C=O) groups is 1. The van der Waals surface area contributed by atoms with Gasteiger partial charge in [-0.15, -0.1) is 0 Å². The minimum atomic E-state index is -0.0477. The average molecular weight is 437 g/mol. The molecule has 3 aromatic rings. The van der Waals surface area contributed by atoms with Crippen LogP contribution in [0.25, 0.3) is 0 Å². The van der Waals surface area contributed by atoms with E-state index in [1.807, 2.05) is 13.0 Å². The number of hydrogen-bond donors (Lipinski definition) is 0. The van der Waals surface area contributed by atoms with E-state index in [1.54, 1.807) is 35.1 Å². The second-order valence-electron chi connectivity index (χ2n) is 9.02. The Morgan fingerprint density at radius 1 is 1.19 bits per heavy atom. The third-order valence-electron chi connectivity index (χ3n) is 6.43. The molecule has 0 N–H and O–H groups in total. The summed E-state index contributed by atoms with van der Waals surface area (Å²) in [5.41, 5.74) is 6.31. The lowest BCUT2D eigenvalue weighted by atomic mass is 9.68. The summed E-state index contributed by atoms with van der Waals surface area (Å²) in [4.78, 5) is 13.8. The highest BCUT2D eigenvalue weighted by Crippen LogP contribution is 2.42. The zero-order chi connectivity index (χ0) is 22.3. The molecule has 162 valence electrons. The maximum atomic E-state index is 13.8. The van der Waals surface area contributed by atoms with Crippen molar-refractivity contribution in [1.82, 2.24) is 9.78 Å². The fraction of sp³-hybridized carbons (Fsp3) is 0.385. The monoisotopic (exact) mass is 436 g/mol. The van der Waals surface area contributed by atoms with E-state index < -0.39 is 0 Å². The summed E-state index contributed by atoms with van der Waals surface area (Å²) >= 11 is 6.00. The number of ketones is 1. The summed E-state index contributed by atoms with van der Waals surface area (Å²) in [5.74, 6) is 1.03. The molecular weight excluding hydrogens is 408 g/mol. The smallest absolute Gasteiger partial charge is 0.229 e. The maximum Gasteiger partial charge on any atom is 0.229 e. The second kappa shape index (κ2) is 8.16. The van der Waals surface area contributed by atoms with Gasteiger partial charge in [0.15, 0.2) is 5.78 Å². The van der Waals surface area contributed by atoms with Crippen LogP contribution in [0.3, 0.4) is 0 Å². The van der Waals surface area contributed by atoms with E-state index in [-0.39, 0.29) is 11.2 Å². The lowest BCUT2D eigenvalue weighted by molar-refractivity contribution is 0.103. The van der Waals surface area contributed by atoms with Crippen molar-refractivity contribution in [2.45, 2.75) is 65.8 Å². The summed E-state index contributed by atoms with van der Waals surface area (Å²) in [7, 11) is 0. The molecule has 1 aliphatic rings. The number of rotatable bonds is 5. The molecule has 0 aliphatic heterocycles. The molecular formula is C26H29ClN2O2. The Bertz CT molecular complexity index is 1140. The van der Waals surface area contributed by atoms with E-state index in [4.69, 9.17) is 16.3 Å². The van der Waals surface area contributed by atoms with Crippen LogP contribution >= 0.6 is 11.6 Å². The molecule has 5 heteroatoms. The fourth-order valence-electron chi connectivity index (χ4n) is 4.90. The van der Waals surface area contributed by atoms with Crippen LogP contribution in [0.1, 0.15) is 71.8 Å². The molecule has 4 nitrogen and oxygen atoms in total. The first-order valence-electron chi connectivity index (χ1n) is 10.9. The number of hydrogen-bond acceptors (Lipinski definition) is 3. The molecule has 0 saturated carbocycles. The molecule has 0 radical (unpaired) electrons. The lowest BCUT2D eigenvalue weighted by Crippen LogP contribution is -2.27. The first-order chi connectivity index (χ1) is 14.7. The van der Waals surface area contributed by atoms with Gasteiger partial charge in [-0.05, 0) is 98.0 Å². The van der Waals surface area contributed by atoms with Crippen molar-refractivity contribution in [3.63, 3.8) is 0 Å². The Kier molecular flexibility index (Phi) is 5.69. The van der Waals surface area contributed by atoms with Crippen LogP contribution in [-0.2, 0) is 18.4 Å². The fourth-order valence-corrected chi connectivity index (χ4v) is 5.02. The molecule has 1 aromatic heterocycles. The number of halogens is 1. The van der Waals surface area contributed by atoms with Crippen LogP contribution in [0.5, 0.6) is 11.6 Å². The summed E-state index contributed by atoms with van der Waals surface area (Å²) in [6.45, 7) is 11.4. The van der Waals surface area contributed by atoms with Crippen molar-refractivity contribution in [2.24, 2.45) is 0 Å². The molecule has 2 aromatic carbocycles. The van der Waals surface area contributed by atoms with Gasteiger partial charge in [-0.2, -0.15) is 5.10 Å². The number of aromatic nitrogens is 2. The third-order valence-corrected chi connectivity index (χ3v) is 6.68. The number of nitrogens with zero attached hydrogens (tertiary/aromatic N) is 2. The van der Waals surface area contributed by atoms with Crippen molar-refractivity contribution in [3.05, 3.63) is 74.9 Å². The maximum absolute atomic E-state index is 13.8. The highest BCUT2D eigenvalue weighted by molar-refractivity contribution is 6.30. The number of benzene rings is 2. The molecule has 0 saturated heterocycles. The first kappa shape index (κ1) is 21.6. The van der Waals surface area contributed by atoms with Crippen LogP contribution in [0.2, 0.25) is 5.02 Å². The van der Waals surface area contributed by atoms with Crippen LogP contribution in [-0.4, -0.2) is 15.6 Å². The zero-order valence-corrected chi connectivity index (χ0v) is 19.6. The molecule has 0 spiro atoms. The average Bonchev–Trinajstić information content (AvgIpc) is 3.13. The normalized spacial score (nSPS) is 14.9. The highest BCUT2D eigenvalue weighted by Gasteiger charge is 2.33. The van der Waals surface area contributed by atoms with Crippen molar-refractivity contribution in [1.29, 1.82) is 0 Å². The number of ether oxygens (including phenoxy) is 1. The Labute approximate surface area is 189 Å². The largest absolute Gasteiger partial charge is 0.438 e. The minimum absolute atomic E-state index is 0.0477. The Morgan fingerprint density at radius 3 is 2.58 bits per heavy atom. The molecule has 1 aliphatic carbocycles. The SMILES string of the molecule is CCn1ncc(C(=O)c2cc(C)c3c(c2C)C(C)(C)CCC3)c1Oc1ccc(Cl)cc1. The van der Waals surface area contributed by atoms with Gasteiger partial charge < -0.3 is 4.74 Å². The van der Waals surface area contributed by atoms with Crippen molar-refractivity contribution in [2.75, 3.05) is 0 Å². The standard InChI is InChI=1S/C26H29ClN2O2/c1-6-29-25(31-19-11-9-18(27)10-12-19)22(15-28-29)24(30)21-14-16(2)20-8-7-13-26(4,5)23(20)17(21)3/h9-12,14-15H,6-8,13H2,1-5H3. The molecule has 0 unspecified atom stereocenters. The predicted molar refractivity (Wildman–Crippen MR) is 125 cm³/mol. The molecule has 0 atom stereocenters. The van der Waals surface area contributed by atoms with Crippen molar-refractivity contribution < 1.29 is 9.53 Å². The van der Waals surface area contributed by atoms with Crippen molar-refractivity contribution in [3.8, 4) is 11.6 Å². The Morgan fingerprint density at radius 2 is 1.90 bits per heavy atom. The van der Waals surface area contributed by atoms with Gasteiger partial charge in [0.05, 0.1) is 6.20 Å². The van der Waals surface area contributed by atoms with Gasteiger partial charge in [-0.1, -0.05) is 25.4 Å². The minimum Gasteiger partial charge on any atom is -0.438 e. The number of aryl methyl sites for hydroxylation is 2. The van der Waals surface area contributed by atoms with E-state index in [1.165, 1.54) is 23.1 Å². The quantitative estimate of drug-likeness (QED) is 0.412. The van der Waals surface area contributed by atoms with Gasteiger partial charge in [0.2, 0.25) is 5.88 Å². The van der Waals surface area contributed by atoms with E-state index in [0.717, 1.165) is 24.0 Å². The van der Waals surface area contributed by atoms with E-state index in [2.05, 4.69) is 32.8 Å². The van der Waals surface area contributed by atoms with Crippen molar-refractivity contribution >= 4 is 17.4 Å². The molecule has 1 heterocycles. The second-order valence-corrected chi connectivity index (χ2v) is 9.46. The van der Waals surface area contributed by atoms with Gasteiger partial charge >= 0.3 is 0 Å². The summed E-state index contributed by atoms with van der Waals surface area (Å²) in [6, 6.07) is 9.17. The van der Waals surface area contributed by atoms with Gasteiger partial charge in [0.1, 0.15) is 11.3 Å². The third kappa shape index (κ3) is 3.89. The van der Waals surface area contributed by atoms with E-state index >= 15 is 0 Å². The highest BCUT2D eigenvalue weighted by atomic mass is 35.5. The Balaban J connectivity index is 1.80. The summed E-state index contributed by atoms with van der Waals surface area (Å²) in [5, 5.41) is 5.04. The first-order valence-corrected chi connectivity index (χ1v) is 11.3. The number of fused-ring (bicyclic) bond motifs is 1. The van der Waals surface area contributed by atoms with Crippen LogP contribution < -0.4 is 4.74 Å². The van der Waals surface area contributed by atoms with Crippen LogP contribution in [0.4, 0.5) is 0 Å². The van der Waals surface area contributed by atoms with Gasteiger partial charge in [-0.25, -0.2) is 4.68 Å². The lowest BCUT2D eigenvalue weighted by Gasteiger charge is -2.36. The van der Waals surface area contributed by atoms with E-state index in [9.17, 15) is 4.79 Å². The summed E-state index contributed by atoms with van der Waals surface area (Å²) in [6.07, 6.45) is 5.03.